The van der Waals surface area contributed by atoms with E-state index in [1.807, 2.05) is 4.90 Å². The van der Waals surface area contributed by atoms with Crippen molar-refractivity contribution in [1.82, 2.24) is 19.8 Å². The second kappa shape index (κ2) is 6.85. The Hall–Kier alpha value is -1.69. The standard InChI is InChI=1S/C15H25N5O/c1-4-19(5-2)12-6-8-20(9-7-12)14(21)13-10-17-15(16)18-11(13)3/h10,12H,4-9H2,1-3H3,(H2,16,17,18). The summed E-state index contributed by atoms with van der Waals surface area (Å²) in [5.74, 6) is 0.231. The van der Waals surface area contributed by atoms with E-state index in [0.29, 0.717) is 17.3 Å². The van der Waals surface area contributed by atoms with Crippen LogP contribution in [0.3, 0.4) is 0 Å². The van der Waals surface area contributed by atoms with E-state index >= 15 is 0 Å². The molecule has 1 fully saturated rings. The predicted octanol–water partition coefficient (Wildman–Crippen LogP) is 1.31. The van der Waals surface area contributed by atoms with Crippen LogP contribution < -0.4 is 5.73 Å². The van der Waals surface area contributed by atoms with Crippen LogP contribution in [0.15, 0.2) is 6.20 Å². The summed E-state index contributed by atoms with van der Waals surface area (Å²) in [7, 11) is 0. The number of aromatic nitrogens is 2. The average Bonchev–Trinajstić information content (AvgIpc) is 2.48. The molecule has 0 aliphatic carbocycles. The van der Waals surface area contributed by atoms with Gasteiger partial charge in [0.15, 0.2) is 0 Å². The van der Waals surface area contributed by atoms with Gasteiger partial charge in [0.25, 0.3) is 5.91 Å². The van der Waals surface area contributed by atoms with Gasteiger partial charge >= 0.3 is 0 Å². The molecule has 0 spiro atoms. The van der Waals surface area contributed by atoms with Crippen LogP contribution in [-0.4, -0.2) is 57.9 Å². The number of hydrogen-bond acceptors (Lipinski definition) is 5. The van der Waals surface area contributed by atoms with Crippen molar-refractivity contribution in [2.75, 3.05) is 31.9 Å². The number of amides is 1. The van der Waals surface area contributed by atoms with Gasteiger partial charge in [-0.15, -0.1) is 0 Å². The molecule has 1 aliphatic heterocycles. The highest BCUT2D eigenvalue weighted by Gasteiger charge is 2.27. The van der Waals surface area contributed by atoms with E-state index in [1.54, 1.807) is 6.92 Å². The summed E-state index contributed by atoms with van der Waals surface area (Å²) < 4.78 is 0. The molecule has 1 aromatic heterocycles. The molecule has 2 heterocycles. The van der Waals surface area contributed by atoms with Gasteiger partial charge in [0, 0.05) is 25.3 Å². The van der Waals surface area contributed by atoms with E-state index in [0.717, 1.165) is 39.0 Å². The van der Waals surface area contributed by atoms with Crippen LogP contribution in [0, 0.1) is 6.92 Å². The quantitative estimate of drug-likeness (QED) is 0.905. The molecule has 0 unspecified atom stereocenters. The number of carbonyl (C=O) groups excluding carboxylic acids is 1. The van der Waals surface area contributed by atoms with Crippen molar-refractivity contribution in [2.45, 2.75) is 39.7 Å². The molecular weight excluding hydrogens is 266 g/mol. The number of rotatable bonds is 4. The minimum Gasteiger partial charge on any atom is -0.368 e. The molecule has 1 saturated heterocycles. The monoisotopic (exact) mass is 291 g/mol. The molecule has 6 heteroatoms. The Morgan fingerprint density at radius 3 is 2.52 bits per heavy atom. The summed E-state index contributed by atoms with van der Waals surface area (Å²) in [6.07, 6.45) is 3.60. The van der Waals surface area contributed by atoms with Crippen LogP contribution in [-0.2, 0) is 0 Å². The first kappa shape index (κ1) is 15.7. The fourth-order valence-corrected chi connectivity index (χ4v) is 3.04. The molecule has 21 heavy (non-hydrogen) atoms. The Labute approximate surface area is 126 Å². The lowest BCUT2D eigenvalue weighted by Gasteiger charge is -2.37. The van der Waals surface area contributed by atoms with Gasteiger partial charge in [0.05, 0.1) is 11.3 Å². The van der Waals surface area contributed by atoms with E-state index in [4.69, 9.17) is 5.73 Å². The van der Waals surface area contributed by atoms with Gasteiger partial charge in [-0.2, -0.15) is 0 Å². The van der Waals surface area contributed by atoms with E-state index in [1.165, 1.54) is 6.20 Å². The van der Waals surface area contributed by atoms with E-state index in [-0.39, 0.29) is 11.9 Å². The van der Waals surface area contributed by atoms with Crippen LogP contribution in [0.4, 0.5) is 5.95 Å². The maximum absolute atomic E-state index is 12.5. The van der Waals surface area contributed by atoms with Gasteiger partial charge in [-0.05, 0) is 32.9 Å². The number of nitrogen functional groups attached to an aromatic ring is 1. The van der Waals surface area contributed by atoms with E-state index in [9.17, 15) is 4.79 Å². The highest BCUT2D eigenvalue weighted by Crippen LogP contribution is 2.19. The predicted molar refractivity (Wildman–Crippen MR) is 83.0 cm³/mol. The molecule has 116 valence electrons. The van der Waals surface area contributed by atoms with Crippen molar-refractivity contribution < 1.29 is 4.79 Å². The summed E-state index contributed by atoms with van der Waals surface area (Å²) in [5, 5.41) is 0. The van der Waals surface area contributed by atoms with Gasteiger partial charge in [0.2, 0.25) is 5.95 Å². The second-order valence-electron chi connectivity index (χ2n) is 5.47. The van der Waals surface area contributed by atoms with Gasteiger partial charge in [-0.1, -0.05) is 13.8 Å². The highest BCUT2D eigenvalue weighted by atomic mass is 16.2. The summed E-state index contributed by atoms with van der Waals surface area (Å²) >= 11 is 0. The Morgan fingerprint density at radius 2 is 2.00 bits per heavy atom. The number of nitrogens with zero attached hydrogens (tertiary/aromatic N) is 4. The molecule has 0 aromatic carbocycles. The highest BCUT2D eigenvalue weighted by molar-refractivity contribution is 5.95. The maximum Gasteiger partial charge on any atom is 0.257 e. The third kappa shape index (κ3) is 3.50. The van der Waals surface area contributed by atoms with Crippen LogP contribution in [0.2, 0.25) is 0 Å². The zero-order valence-electron chi connectivity index (χ0n) is 13.2. The lowest BCUT2D eigenvalue weighted by molar-refractivity contribution is 0.0630. The number of nitrogens with two attached hydrogens (primary N) is 1. The van der Waals surface area contributed by atoms with Crippen molar-refractivity contribution in [3.8, 4) is 0 Å². The minimum atomic E-state index is 0.0190. The van der Waals surface area contributed by atoms with Crippen LogP contribution in [0.5, 0.6) is 0 Å². The van der Waals surface area contributed by atoms with E-state index in [2.05, 4.69) is 28.7 Å². The molecule has 6 nitrogen and oxygen atoms in total. The molecule has 0 atom stereocenters. The Kier molecular flexibility index (Phi) is 5.12. The van der Waals surface area contributed by atoms with Gasteiger partial charge in [-0.3, -0.25) is 4.79 Å². The zero-order chi connectivity index (χ0) is 15.4. The maximum atomic E-state index is 12.5. The van der Waals surface area contributed by atoms with Crippen LogP contribution in [0.1, 0.15) is 42.7 Å². The molecule has 2 rings (SSSR count). The molecule has 1 aliphatic rings. The molecule has 0 saturated carbocycles. The first-order valence-corrected chi connectivity index (χ1v) is 7.69. The summed E-state index contributed by atoms with van der Waals surface area (Å²) in [5.41, 5.74) is 6.75. The van der Waals surface area contributed by atoms with Gasteiger partial charge in [0.1, 0.15) is 0 Å². The number of carbonyl (C=O) groups is 1. The van der Waals surface area contributed by atoms with Crippen molar-refractivity contribution in [3.63, 3.8) is 0 Å². The number of anilines is 1. The second-order valence-corrected chi connectivity index (χ2v) is 5.47. The third-order valence-corrected chi connectivity index (χ3v) is 4.31. The van der Waals surface area contributed by atoms with Gasteiger partial charge < -0.3 is 15.5 Å². The molecule has 1 amide bonds. The number of likely N-dealkylation sites (tertiary alicyclic amines) is 1. The lowest BCUT2D eigenvalue weighted by Crippen LogP contribution is -2.46. The van der Waals surface area contributed by atoms with Crippen molar-refractivity contribution in [1.29, 1.82) is 0 Å². The Balaban J connectivity index is 2.00. The van der Waals surface area contributed by atoms with Crippen molar-refractivity contribution in [2.24, 2.45) is 0 Å². The lowest BCUT2D eigenvalue weighted by atomic mass is 10.0. The largest absolute Gasteiger partial charge is 0.368 e. The van der Waals surface area contributed by atoms with Crippen LogP contribution >= 0.6 is 0 Å². The number of hydrogen-bond donors (Lipinski definition) is 1. The summed E-state index contributed by atoms with van der Waals surface area (Å²) in [6.45, 7) is 9.91. The SMILES string of the molecule is CCN(CC)C1CCN(C(=O)c2cnc(N)nc2C)CC1. The third-order valence-electron chi connectivity index (χ3n) is 4.31. The molecule has 0 radical (unpaired) electrons. The van der Waals surface area contributed by atoms with Gasteiger partial charge in [-0.25, -0.2) is 9.97 Å². The summed E-state index contributed by atoms with van der Waals surface area (Å²) in [4.78, 5) is 24.9. The Morgan fingerprint density at radius 1 is 1.38 bits per heavy atom. The number of piperidine rings is 1. The first-order chi connectivity index (χ1) is 10.1. The van der Waals surface area contributed by atoms with Crippen molar-refractivity contribution >= 4 is 11.9 Å². The van der Waals surface area contributed by atoms with Crippen molar-refractivity contribution in [3.05, 3.63) is 17.5 Å². The molecular formula is C15H25N5O. The number of aryl methyl sites for hydroxylation is 1. The minimum absolute atomic E-state index is 0.0190. The molecule has 2 N–H and O–H groups in total. The topological polar surface area (TPSA) is 75.3 Å². The van der Waals surface area contributed by atoms with E-state index < -0.39 is 0 Å². The first-order valence-electron chi connectivity index (χ1n) is 7.69. The Bertz CT molecular complexity index is 493. The molecule has 0 bridgehead atoms. The fraction of sp³-hybridized carbons (Fsp3) is 0.667. The molecule has 1 aromatic rings. The normalized spacial score (nSPS) is 16.5. The smallest absolute Gasteiger partial charge is 0.257 e. The zero-order valence-corrected chi connectivity index (χ0v) is 13.2. The fourth-order valence-electron chi connectivity index (χ4n) is 3.04. The average molecular weight is 291 g/mol. The van der Waals surface area contributed by atoms with Crippen LogP contribution in [0.25, 0.3) is 0 Å². The summed E-state index contributed by atoms with van der Waals surface area (Å²) in [6, 6.07) is 0.591.